The van der Waals surface area contributed by atoms with Crippen molar-refractivity contribution in [1.82, 2.24) is 15.5 Å². The van der Waals surface area contributed by atoms with E-state index in [9.17, 15) is 14.9 Å². The zero-order chi connectivity index (χ0) is 19.3. The first-order valence-corrected chi connectivity index (χ1v) is 8.69. The Hall–Kier alpha value is -2.77. The molecule has 0 spiro atoms. The van der Waals surface area contributed by atoms with E-state index in [0.717, 1.165) is 6.42 Å². The number of nitro benzene ring substituents is 1. The van der Waals surface area contributed by atoms with Gasteiger partial charge in [0.25, 0.3) is 5.69 Å². The van der Waals surface area contributed by atoms with Gasteiger partial charge < -0.3 is 9.84 Å². The van der Waals surface area contributed by atoms with Gasteiger partial charge in [-0.15, -0.1) is 0 Å². The Morgan fingerprint density at radius 3 is 2.46 bits per heavy atom. The molecule has 0 radical (unpaired) electrons. The lowest BCUT2D eigenvalue weighted by Crippen LogP contribution is -2.33. The first kappa shape index (κ1) is 19.6. The zero-order valence-electron chi connectivity index (χ0n) is 15.4. The van der Waals surface area contributed by atoms with Crippen molar-refractivity contribution in [2.45, 2.75) is 46.6 Å². The second-order valence-corrected chi connectivity index (χ2v) is 6.79. The van der Waals surface area contributed by atoms with Gasteiger partial charge in [-0.1, -0.05) is 39.3 Å². The quantitative estimate of drug-likeness (QED) is 0.564. The van der Waals surface area contributed by atoms with E-state index in [1.165, 1.54) is 12.1 Å². The molecule has 8 nitrogen and oxygen atoms in total. The van der Waals surface area contributed by atoms with Crippen LogP contribution in [0.3, 0.4) is 0 Å². The van der Waals surface area contributed by atoms with Gasteiger partial charge in [-0.3, -0.25) is 14.9 Å². The van der Waals surface area contributed by atoms with Gasteiger partial charge >= 0.3 is 0 Å². The SMILES string of the molecule is CC[C@H](C)[C@H](NC(=O)CC(C)C)c1nc(-c2ccc([N+](=O)[O-])cc2)no1. The fourth-order valence-electron chi connectivity index (χ4n) is 2.50. The van der Waals surface area contributed by atoms with Crippen LogP contribution in [-0.4, -0.2) is 21.0 Å². The van der Waals surface area contributed by atoms with Crippen LogP contribution < -0.4 is 5.32 Å². The maximum atomic E-state index is 12.2. The summed E-state index contributed by atoms with van der Waals surface area (Å²) < 4.78 is 5.38. The molecular formula is C18H24N4O4. The van der Waals surface area contributed by atoms with Crippen LogP contribution in [0.25, 0.3) is 11.4 Å². The van der Waals surface area contributed by atoms with Gasteiger partial charge in [-0.05, 0) is 24.0 Å². The van der Waals surface area contributed by atoms with Crippen molar-refractivity contribution < 1.29 is 14.2 Å². The molecule has 2 aromatic rings. The Bertz CT molecular complexity index is 755. The van der Waals surface area contributed by atoms with Crippen LogP contribution in [0.1, 0.15) is 52.5 Å². The van der Waals surface area contributed by atoms with Crippen molar-refractivity contribution >= 4 is 11.6 Å². The van der Waals surface area contributed by atoms with E-state index in [2.05, 4.69) is 15.5 Å². The lowest BCUT2D eigenvalue weighted by atomic mass is 9.98. The van der Waals surface area contributed by atoms with Gasteiger partial charge in [0.05, 0.1) is 4.92 Å². The van der Waals surface area contributed by atoms with Gasteiger partial charge in [0.1, 0.15) is 6.04 Å². The van der Waals surface area contributed by atoms with Crippen molar-refractivity contribution in [1.29, 1.82) is 0 Å². The number of non-ortho nitro benzene ring substituents is 1. The molecule has 1 amide bonds. The number of carbonyl (C=O) groups is 1. The van der Waals surface area contributed by atoms with Crippen molar-refractivity contribution in [2.24, 2.45) is 11.8 Å². The van der Waals surface area contributed by atoms with Crippen LogP contribution in [0.15, 0.2) is 28.8 Å². The molecule has 2 rings (SSSR count). The minimum absolute atomic E-state index is 0.00380. The standard InChI is InChI=1S/C18H24N4O4/c1-5-12(4)16(19-15(23)10-11(2)3)18-20-17(21-26-18)13-6-8-14(9-7-13)22(24)25/h6-9,11-12,16H,5,10H2,1-4H3,(H,19,23)/t12-,16-/m0/s1. The van der Waals surface area contributed by atoms with Crippen LogP contribution in [0.2, 0.25) is 0 Å². The molecule has 0 saturated carbocycles. The minimum atomic E-state index is -0.464. The summed E-state index contributed by atoms with van der Waals surface area (Å²) in [6.07, 6.45) is 1.26. The number of nitro groups is 1. The summed E-state index contributed by atoms with van der Waals surface area (Å²) in [6.45, 7) is 8.00. The number of amides is 1. The van der Waals surface area contributed by atoms with Crippen LogP contribution >= 0.6 is 0 Å². The van der Waals surface area contributed by atoms with E-state index in [4.69, 9.17) is 4.52 Å². The maximum absolute atomic E-state index is 12.2. The number of rotatable bonds is 8. The molecule has 0 fully saturated rings. The van der Waals surface area contributed by atoms with Gasteiger partial charge in [-0.25, -0.2) is 0 Å². The van der Waals surface area contributed by atoms with E-state index in [1.54, 1.807) is 12.1 Å². The van der Waals surface area contributed by atoms with Crippen LogP contribution in [-0.2, 0) is 4.79 Å². The fourth-order valence-corrected chi connectivity index (χ4v) is 2.50. The van der Waals surface area contributed by atoms with Crippen molar-refractivity contribution in [2.75, 3.05) is 0 Å². The smallest absolute Gasteiger partial charge is 0.269 e. The topological polar surface area (TPSA) is 111 Å². The second-order valence-electron chi connectivity index (χ2n) is 6.79. The van der Waals surface area contributed by atoms with E-state index in [0.29, 0.717) is 23.7 Å². The summed E-state index contributed by atoms with van der Waals surface area (Å²) in [5, 5.41) is 17.7. The van der Waals surface area contributed by atoms with Gasteiger partial charge in [0, 0.05) is 24.1 Å². The maximum Gasteiger partial charge on any atom is 0.269 e. The lowest BCUT2D eigenvalue weighted by molar-refractivity contribution is -0.384. The molecule has 0 aliphatic carbocycles. The van der Waals surface area contributed by atoms with Crippen molar-refractivity contribution in [3.63, 3.8) is 0 Å². The highest BCUT2D eigenvalue weighted by Gasteiger charge is 2.26. The Balaban J connectivity index is 2.22. The number of hydrogen-bond donors (Lipinski definition) is 1. The average molecular weight is 360 g/mol. The minimum Gasteiger partial charge on any atom is -0.344 e. The number of hydrogen-bond acceptors (Lipinski definition) is 6. The van der Waals surface area contributed by atoms with E-state index in [1.807, 2.05) is 27.7 Å². The van der Waals surface area contributed by atoms with Crippen molar-refractivity contribution in [3.8, 4) is 11.4 Å². The Kier molecular flexibility index (Phi) is 6.43. The summed E-state index contributed by atoms with van der Waals surface area (Å²) in [7, 11) is 0. The summed E-state index contributed by atoms with van der Waals surface area (Å²) in [5.41, 5.74) is 0.609. The average Bonchev–Trinajstić information content (AvgIpc) is 3.08. The molecular weight excluding hydrogens is 336 g/mol. The third kappa shape index (κ3) is 4.87. The third-order valence-corrected chi connectivity index (χ3v) is 4.17. The molecule has 1 heterocycles. The monoisotopic (exact) mass is 360 g/mol. The van der Waals surface area contributed by atoms with E-state index < -0.39 is 4.92 Å². The molecule has 0 aliphatic heterocycles. The van der Waals surface area contributed by atoms with Gasteiger partial charge in [-0.2, -0.15) is 4.98 Å². The molecule has 140 valence electrons. The predicted molar refractivity (Wildman–Crippen MR) is 96.2 cm³/mol. The van der Waals surface area contributed by atoms with Crippen LogP contribution in [0.4, 0.5) is 5.69 Å². The van der Waals surface area contributed by atoms with Crippen LogP contribution in [0.5, 0.6) is 0 Å². The largest absolute Gasteiger partial charge is 0.344 e. The Labute approximate surface area is 152 Å². The predicted octanol–water partition coefficient (Wildman–Crippen LogP) is 3.89. The van der Waals surface area contributed by atoms with Gasteiger partial charge in [0.15, 0.2) is 0 Å². The lowest BCUT2D eigenvalue weighted by Gasteiger charge is -2.21. The molecule has 26 heavy (non-hydrogen) atoms. The molecule has 0 unspecified atom stereocenters. The Morgan fingerprint density at radius 1 is 1.27 bits per heavy atom. The third-order valence-electron chi connectivity index (χ3n) is 4.17. The highest BCUT2D eigenvalue weighted by molar-refractivity contribution is 5.76. The Morgan fingerprint density at radius 2 is 1.92 bits per heavy atom. The molecule has 0 saturated heterocycles. The zero-order valence-corrected chi connectivity index (χ0v) is 15.4. The summed E-state index contributed by atoms with van der Waals surface area (Å²) in [5.74, 6) is 0.994. The summed E-state index contributed by atoms with van der Waals surface area (Å²) in [6, 6.07) is 5.56. The molecule has 1 aromatic carbocycles. The van der Waals surface area contributed by atoms with E-state index in [-0.39, 0.29) is 29.5 Å². The van der Waals surface area contributed by atoms with E-state index >= 15 is 0 Å². The highest BCUT2D eigenvalue weighted by Crippen LogP contribution is 2.26. The number of nitrogens with one attached hydrogen (secondary N) is 1. The number of benzene rings is 1. The second kappa shape index (κ2) is 8.55. The first-order chi connectivity index (χ1) is 12.3. The van der Waals surface area contributed by atoms with Crippen LogP contribution in [0, 0.1) is 22.0 Å². The summed E-state index contributed by atoms with van der Waals surface area (Å²) >= 11 is 0. The molecule has 1 N–H and O–H groups in total. The number of aromatic nitrogens is 2. The van der Waals surface area contributed by atoms with Gasteiger partial charge in [0.2, 0.25) is 17.6 Å². The molecule has 0 bridgehead atoms. The molecule has 2 atom stereocenters. The van der Waals surface area contributed by atoms with Crippen molar-refractivity contribution in [3.05, 3.63) is 40.3 Å². The molecule has 8 heteroatoms. The number of nitrogens with zero attached hydrogens (tertiary/aromatic N) is 3. The first-order valence-electron chi connectivity index (χ1n) is 8.69. The highest BCUT2D eigenvalue weighted by atomic mass is 16.6. The normalized spacial score (nSPS) is 13.4. The molecule has 1 aromatic heterocycles. The summed E-state index contributed by atoms with van der Waals surface area (Å²) in [4.78, 5) is 26.8. The number of carbonyl (C=O) groups excluding carboxylic acids is 1. The molecule has 0 aliphatic rings. The fraction of sp³-hybridized carbons (Fsp3) is 0.500.